The second-order valence-electron chi connectivity index (χ2n) is 6.63. The third kappa shape index (κ3) is 4.39. The van der Waals surface area contributed by atoms with Crippen molar-refractivity contribution in [3.8, 4) is 11.5 Å². The highest BCUT2D eigenvalue weighted by Crippen LogP contribution is 2.35. The fraction of sp³-hybridized carbons (Fsp3) is 0.350. The van der Waals surface area contributed by atoms with Gasteiger partial charge in [-0.1, -0.05) is 24.3 Å². The number of rotatable bonds is 6. The Balaban J connectivity index is 1.77. The monoisotopic (exact) mass is 404 g/mol. The molecule has 7 nitrogen and oxygen atoms in total. The number of sulfonamides is 1. The van der Waals surface area contributed by atoms with Crippen molar-refractivity contribution in [1.29, 1.82) is 0 Å². The summed E-state index contributed by atoms with van der Waals surface area (Å²) in [5.41, 5.74) is 2.20. The van der Waals surface area contributed by atoms with Crippen LogP contribution in [0.25, 0.3) is 0 Å². The Kier molecular flexibility index (Phi) is 5.79. The molecule has 0 radical (unpaired) electrons. The van der Waals surface area contributed by atoms with Gasteiger partial charge in [0.25, 0.3) is 5.91 Å². The third-order valence-corrected chi connectivity index (χ3v) is 5.55. The number of fused-ring (bicyclic) bond motifs is 1. The van der Waals surface area contributed by atoms with Gasteiger partial charge in [-0.05, 0) is 37.6 Å². The minimum absolute atomic E-state index is 0.0752. The van der Waals surface area contributed by atoms with E-state index < -0.39 is 16.1 Å². The molecule has 1 amide bonds. The number of ether oxygens (including phenoxy) is 2. The molecule has 0 bridgehead atoms. The van der Waals surface area contributed by atoms with Crippen LogP contribution in [0.4, 0.5) is 5.69 Å². The molecule has 0 aliphatic carbocycles. The van der Waals surface area contributed by atoms with Crippen molar-refractivity contribution in [1.82, 2.24) is 5.32 Å². The highest BCUT2D eigenvalue weighted by Gasteiger charge is 2.35. The van der Waals surface area contributed by atoms with E-state index in [2.05, 4.69) is 5.32 Å². The molecule has 1 atom stereocenters. The molecule has 0 aromatic heterocycles. The lowest BCUT2D eigenvalue weighted by atomic mass is 10.1. The number of benzene rings is 2. The molecule has 1 N–H and O–H groups in total. The predicted molar refractivity (Wildman–Crippen MR) is 107 cm³/mol. The minimum atomic E-state index is -3.55. The van der Waals surface area contributed by atoms with Crippen LogP contribution in [-0.2, 0) is 21.4 Å². The van der Waals surface area contributed by atoms with Crippen LogP contribution < -0.4 is 19.1 Å². The highest BCUT2D eigenvalue weighted by atomic mass is 32.2. The Bertz CT molecular complexity index is 974. The molecule has 1 aliphatic rings. The number of aryl methyl sites for hydroxylation is 1. The Morgan fingerprint density at radius 2 is 2.04 bits per heavy atom. The van der Waals surface area contributed by atoms with Crippen LogP contribution >= 0.6 is 0 Å². The Hall–Kier alpha value is -2.74. The topological polar surface area (TPSA) is 84.9 Å². The standard InChI is InChI=1S/C20H24N2O5S/c1-4-26-17-8-6-5-7-15(17)12-21-20(23)19-13-22(28(3,24)25)16-11-14(2)9-10-18(16)27-19/h5-11,19H,4,12-13H2,1-3H3,(H,21,23). The van der Waals surface area contributed by atoms with Crippen molar-refractivity contribution in [2.75, 3.05) is 23.7 Å². The van der Waals surface area contributed by atoms with Gasteiger partial charge in [-0.2, -0.15) is 0 Å². The molecular formula is C20H24N2O5S. The summed E-state index contributed by atoms with van der Waals surface area (Å²) in [6, 6.07) is 12.7. The van der Waals surface area contributed by atoms with Gasteiger partial charge in [-0.15, -0.1) is 0 Å². The molecule has 3 rings (SSSR count). The van der Waals surface area contributed by atoms with Crippen LogP contribution in [0, 0.1) is 6.92 Å². The summed E-state index contributed by atoms with van der Waals surface area (Å²) in [7, 11) is -3.55. The van der Waals surface area contributed by atoms with E-state index in [-0.39, 0.29) is 19.0 Å². The number of carbonyl (C=O) groups excluding carboxylic acids is 1. The first kappa shape index (κ1) is 20.0. The van der Waals surface area contributed by atoms with Crippen LogP contribution in [0.2, 0.25) is 0 Å². The number of hydrogen-bond acceptors (Lipinski definition) is 5. The molecule has 150 valence electrons. The second kappa shape index (κ2) is 8.10. The molecule has 0 fully saturated rings. The molecule has 0 saturated carbocycles. The smallest absolute Gasteiger partial charge is 0.263 e. The SMILES string of the molecule is CCOc1ccccc1CNC(=O)C1CN(S(C)(=O)=O)c2cc(C)ccc2O1. The van der Waals surface area contributed by atoms with Gasteiger partial charge < -0.3 is 14.8 Å². The van der Waals surface area contributed by atoms with Crippen molar-refractivity contribution in [2.24, 2.45) is 0 Å². The van der Waals surface area contributed by atoms with E-state index in [0.717, 1.165) is 17.4 Å². The van der Waals surface area contributed by atoms with E-state index >= 15 is 0 Å². The summed E-state index contributed by atoms with van der Waals surface area (Å²) in [6.07, 6.45) is 0.182. The zero-order chi connectivity index (χ0) is 20.3. The van der Waals surface area contributed by atoms with Crippen molar-refractivity contribution in [3.05, 3.63) is 53.6 Å². The Morgan fingerprint density at radius 3 is 2.75 bits per heavy atom. The van der Waals surface area contributed by atoms with Crippen LogP contribution in [0.3, 0.4) is 0 Å². The van der Waals surface area contributed by atoms with Gasteiger partial charge in [0, 0.05) is 12.1 Å². The van der Waals surface area contributed by atoms with Crippen LogP contribution in [0.1, 0.15) is 18.1 Å². The van der Waals surface area contributed by atoms with Crippen LogP contribution in [-0.4, -0.2) is 39.8 Å². The van der Waals surface area contributed by atoms with Crippen molar-refractivity contribution < 1.29 is 22.7 Å². The lowest BCUT2D eigenvalue weighted by Gasteiger charge is -2.34. The number of nitrogens with one attached hydrogen (secondary N) is 1. The zero-order valence-corrected chi connectivity index (χ0v) is 17.0. The fourth-order valence-electron chi connectivity index (χ4n) is 3.05. The summed E-state index contributed by atoms with van der Waals surface area (Å²) >= 11 is 0. The molecular weight excluding hydrogens is 380 g/mol. The molecule has 1 unspecified atom stereocenters. The van der Waals surface area contributed by atoms with Crippen LogP contribution in [0.5, 0.6) is 11.5 Å². The van der Waals surface area contributed by atoms with E-state index in [1.165, 1.54) is 4.31 Å². The van der Waals surface area contributed by atoms with Crippen molar-refractivity contribution in [3.63, 3.8) is 0 Å². The van der Waals surface area contributed by atoms with Gasteiger partial charge in [-0.25, -0.2) is 8.42 Å². The van der Waals surface area contributed by atoms with Gasteiger partial charge in [0.05, 0.1) is 25.1 Å². The van der Waals surface area contributed by atoms with Gasteiger partial charge >= 0.3 is 0 Å². The first-order valence-electron chi connectivity index (χ1n) is 9.03. The fourth-order valence-corrected chi connectivity index (χ4v) is 3.96. The zero-order valence-electron chi connectivity index (χ0n) is 16.1. The molecule has 0 spiro atoms. The maximum Gasteiger partial charge on any atom is 0.263 e. The van der Waals surface area contributed by atoms with Gasteiger partial charge in [0.2, 0.25) is 10.0 Å². The first-order chi connectivity index (χ1) is 13.3. The average Bonchev–Trinajstić information content (AvgIpc) is 2.65. The van der Waals surface area contributed by atoms with Crippen LogP contribution in [0.15, 0.2) is 42.5 Å². The minimum Gasteiger partial charge on any atom is -0.494 e. The quantitative estimate of drug-likeness (QED) is 0.798. The van der Waals surface area contributed by atoms with E-state index in [4.69, 9.17) is 9.47 Å². The maximum absolute atomic E-state index is 12.7. The molecule has 1 heterocycles. The molecule has 8 heteroatoms. The normalized spacial score (nSPS) is 16.1. The molecule has 2 aromatic rings. The summed E-state index contributed by atoms with van der Waals surface area (Å²) in [5, 5.41) is 2.82. The highest BCUT2D eigenvalue weighted by molar-refractivity contribution is 7.92. The number of amides is 1. The molecule has 2 aromatic carbocycles. The third-order valence-electron chi connectivity index (χ3n) is 4.40. The molecule has 0 saturated heterocycles. The summed E-state index contributed by atoms with van der Waals surface area (Å²) in [5.74, 6) is 0.691. The number of nitrogens with zero attached hydrogens (tertiary/aromatic N) is 1. The van der Waals surface area contributed by atoms with Gasteiger partial charge in [-0.3, -0.25) is 9.10 Å². The van der Waals surface area contributed by atoms with E-state index in [9.17, 15) is 13.2 Å². The second-order valence-corrected chi connectivity index (χ2v) is 8.54. The molecule has 28 heavy (non-hydrogen) atoms. The maximum atomic E-state index is 12.7. The number of para-hydroxylation sites is 1. The Labute approximate surface area is 165 Å². The van der Waals surface area contributed by atoms with Crippen molar-refractivity contribution in [2.45, 2.75) is 26.5 Å². The largest absolute Gasteiger partial charge is 0.494 e. The number of carbonyl (C=O) groups is 1. The summed E-state index contributed by atoms with van der Waals surface area (Å²) < 4.78 is 37.1. The lowest BCUT2D eigenvalue weighted by molar-refractivity contribution is -0.127. The first-order valence-corrected chi connectivity index (χ1v) is 10.9. The van der Waals surface area contributed by atoms with Crippen molar-refractivity contribution >= 4 is 21.6 Å². The Morgan fingerprint density at radius 1 is 1.29 bits per heavy atom. The van der Waals surface area contributed by atoms with E-state index in [1.807, 2.05) is 44.2 Å². The number of hydrogen-bond donors (Lipinski definition) is 1. The average molecular weight is 404 g/mol. The molecule has 1 aliphatic heterocycles. The van der Waals surface area contributed by atoms with E-state index in [0.29, 0.717) is 23.8 Å². The summed E-state index contributed by atoms with van der Waals surface area (Å²) in [6.45, 7) is 4.47. The lowest BCUT2D eigenvalue weighted by Crippen LogP contribution is -2.50. The number of anilines is 1. The van der Waals surface area contributed by atoms with Gasteiger partial charge in [0.1, 0.15) is 11.5 Å². The van der Waals surface area contributed by atoms with E-state index in [1.54, 1.807) is 12.1 Å². The summed E-state index contributed by atoms with van der Waals surface area (Å²) in [4.78, 5) is 12.7. The van der Waals surface area contributed by atoms with Gasteiger partial charge in [0.15, 0.2) is 6.10 Å². The predicted octanol–water partition coefficient (Wildman–Crippen LogP) is 2.24.